The first-order valence-electron chi connectivity index (χ1n) is 6.76. The average molecular weight is 312 g/mol. The van der Waals surface area contributed by atoms with Crippen molar-refractivity contribution in [3.8, 4) is 0 Å². The smallest absolute Gasteiger partial charge is 0.0762 e. The van der Waals surface area contributed by atoms with Gasteiger partial charge in [-0.3, -0.25) is 0 Å². The van der Waals surface area contributed by atoms with Crippen molar-refractivity contribution in [2.75, 3.05) is 18.5 Å². The molecule has 100 valence electrons. The number of nitrogens with zero attached hydrogens (tertiary/aromatic N) is 1. The van der Waals surface area contributed by atoms with Gasteiger partial charge >= 0.3 is 0 Å². The van der Waals surface area contributed by atoms with Crippen molar-refractivity contribution in [3.05, 3.63) is 28.2 Å². The van der Waals surface area contributed by atoms with Crippen LogP contribution in [0, 0.1) is 5.92 Å². The van der Waals surface area contributed by atoms with Crippen molar-refractivity contribution in [2.45, 2.75) is 38.7 Å². The molecule has 0 heterocycles. The summed E-state index contributed by atoms with van der Waals surface area (Å²) in [5.74, 6) is 0.846. The third-order valence-corrected chi connectivity index (χ3v) is 4.51. The summed E-state index contributed by atoms with van der Waals surface area (Å²) in [6, 6.07) is 6.13. The van der Waals surface area contributed by atoms with Crippen LogP contribution in [0.1, 0.15) is 44.3 Å². The molecule has 0 aromatic heterocycles. The Hall–Kier alpha value is -0.540. The SMILES string of the molecule is CC(O)c1ccc(N(C)CC2CCCC2)c(Br)c1. The third-order valence-electron chi connectivity index (χ3n) is 3.87. The van der Waals surface area contributed by atoms with Crippen LogP contribution in [0.4, 0.5) is 5.69 Å². The summed E-state index contributed by atoms with van der Waals surface area (Å²) >= 11 is 3.61. The number of benzene rings is 1. The Kier molecular flexibility index (Phi) is 4.68. The number of anilines is 1. The Labute approximate surface area is 118 Å². The second kappa shape index (κ2) is 6.07. The van der Waals surface area contributed by atoms with Crippen LogP contribution in [0.2, 0.25) is 0 Å². The molecule has 2 nitrogen and oxygen atoms in total. The van der Waals surface area contributed by atoms with E-state index in [1.54, 1.807) is 6.92 Å². The van der Waals surface area contributed by atoms with E-state index in [0.29, 0.717) is 0 Å². The molecule has 0 aliphatic heterocycles. The molecule has 18 heavy (non-hydrogen) atoms. The number of rotatable bonds is 4. The number of halogens is 1. The van der Waals surface area contributed by atoms with Crippen LogP contribution < -0.4 is 4.90 Å². The van der Waals surface area contributed by atoms with Crippen LogP contribution in [-0.4, -0.2) is 18.7 Å². The predicted molar refractivity (Wildman–Crippen MR) is 80.0 cm³/mol. The molecule has 1 atom stereocenters. The Morgan fingerprint density at radius 3 is 2.61 bits per heavy atom. The Balaban J connectivity index is 2.07. The van der Waals surface area contributed by atoms with Crippen LogP contribution in [0.5, 0.6) is 0 Å². The number of aliphatic hydroxyl groups is 1. The van der Waals surface area contributed by atoms with Crippen molar-refractivity contribution in [3.63, 3.8) is 0 Å². The molecular weight excluding hydrogens is 290 g/mol. The van der Waals surface area contributed by atoms with Crippen LogP contribution >= 0.6 is 15.9 Å². The van der Waals surface area contributed by atoms with Gasteiger partial charge in [-0.05, 0) is 59.3 Å². The van der Waals surface area contributed by atoms with Gasteiger partial charge in [0.25, 0.3) is 0 Å². The lowest BCUT2D eigenvalue weighted by atomic mass is 10.1. The van der Waals surface area contributed by atoms with Crippen LogP contribution in [0.15, 0.2) is 22.7 Å². The molecule has 0 amide bonds. The first kappa shape index (κ1) is 13.9. The lowest BCUT2D eigenvalue weighted by molar-refractivity contribution is 0.199. The van der Waals surface area contributed by atoms with E-state index in [1.807, 2.05) is 12.1 Å². The van der Waals surface area contributed by atoms with Gasteiger partial charge in [0.2, 0.25) is 0 Å². The fraction of sp³-hybridized carbons (Fsp3) is 0.600. The van der Waals surface area contributed by atoms with Gasteiger partial charge in [0.1, 0.15) is 0 Å². The molecule has 1 aliphatic carbocycles. The zero-order valence-electron chi connectivity index (χ0n) is 11.2. The molecule has 1 N–H and O–H groups in total. The molecule has 0 saturated heterocycles. The maximum absolute atomic E-state index is 9.57. The summed E-state index contributed by atoms with van der Waals surface area (Å²) in [5, 5.41) is 9.57. The summed E-state index contributed by atoms with van der Waals surface area (Å²) < 4.78 is 1.07. The highest BCUT2D eigenvalue weighted by Gasteiger charge is 2.18. The molecule has 0 bridgehead atoms. The normalized spacial score (nSPS) is 18.0. The average Bonchev–Trinajstić information content (AvgIpc) is 2.81. The minimum absolute atomic E-state index is 0.407. The van der Waals surface area contributed by atoms with Gasteiger partial charge in [-0.1, -0.05) is 18.9 Å². The molecule has 3 heteroatoms. The van der Waals surface area contributed by atoms with Crippen LogP contribution in [-0.2, 0) is 0 Å². The Morgan fingerprint density at radius 2 is 2.06 bits per heavy atom. The topological polar surface area (TPSA) is 23.5 Å². The number of hydrogen-bond donors (Lipinski definition) is 1. The minimum Gasteiger partial charge on any atom is -0.389 e. The highest BCUT2D eigenvalue weighted by atomic mass is 79.9. The first-order valence-corrected chi connectivity index (χ1v) is 7.56. The second-order valence-electron chi connectivity index (χ2n) is 5.42. The molecule has 0 radical (unpaired) electrons. The lowest BCUT2D eigenvalue weighted by Gasteiger charge is -2.24. The summed E-state index contributed by atoms with van der Waals surface area (Å²) in [4.78, 5) is 2.33. The third kappa shape index (κ3) is 3.27. The lowest BCUT2D eigenvalue weighted by Crippen LogP contribution is -2.24. The largest absolute Gasteiger partial charge is 0.389 e. The zero-order chi connectivity index (χ0) is 13.1. The molecular formula is C15H22BrNO. The number of hydrogen-bond acceptors (Lipinski definition) is 2. The molecule has 1 saturated carbocycles. The summed E-state index contributed by atoms with van der Waals surface area (Å²) in [5.41, 5.74) is 2.17. The minimum atomic E-state index is -0.407. The molecule has 1 fully saturated rings. The first-order chi connectivity index (χ1) is 8.58. The van der Waals surface area contributed by atoms with E-state index in [1.165, 1.54) is 31.4 Å². The maximum Gasteiger partial charge on any atom is 0.0762 e. The maximum atomic E-state index is 9.57. The molecule has 1 unspecified atom stereocenters. The van der Waals surface area contributed by atoms with E-state index in [4.69, 9.17) is 0 Å². The van der Waals surface area contributed by atoms with Crippen molar-refractivity contribution < 1.29 is 5.11 Å². The predicted octanol–water partition coefficient (Wildman–Crippen LogP) is 4.13. The molecule has 1 aromatic carbocycles. The van der Waals surface area contributed by atoms with Gasteiger partial charge < -0.3 is 10.0 Å². The van der Waals surface area contributed by atoms with E-state index in [9.17, 15) is 5.11 Å². The summed E-state index contributed by atoms with van der Waals surface area (Å²) in [7, 11) is 2.15. The van der Waals surface area contributed by atoms with Gasteiger partial charge in [-0.15, -0.1) is 0 Å². The highest BCUT2D eigenvalue weighted by Crippen LogP contribution is 2.31. The standard InChI is InChI=1S/C15H22BrNO/c1-11(18)13-7-8-15(14(16)9-13)17(2)10-12-5-3-4-6-12/h7-9,11-12,18H,3-6,10H2,1-2H3. The summed E-state index contributed by atoms with van der Waals surface area (Å²) in [6.45, 7) is 2.93. The molecule has 1 aliphatic rings. The van der Waals surface area contributed by atoms with E-state index in [0.717, 1.165) is 22.5 Å². The second-order valence-corrected chi connectivity index (χ2v) is 6.27. The quantitative estimate of drug-likeness (QED) is 0.903. The summed E-state index contributed by atoms with van der Waals surface area (Å²) in [6.07, 6.45) is 5.11. The van der Waals surface area contributed by atoms with Crippen molar-refractivity contribution in [1.82, 2.24) is 0 Å². The van der Waals surface area contributed by atoms with Gasteiger partial charge in [0, 0.05) is 18.1 Å². The molecule has 1 aromatic rings. The van der Waals surface area contributed by atoms with E-state index < -0.39 is 6.10 Å². The van der Waals surface area contributed by atoms with Crippen LogP contribution in [0.25, 0.3) is 0 Å². The fourth-order valence-corrected chi connectivity index (χ4v) is 3.47. The van der Waals surface area contributed by atoms with Gasteiger partial charge in [0.05, 0.1) is 11.8 Å². The Bertz CT molecular complexity index is 399. The fourth-order valence-electron chi connectivity index (χ4n) is 2.77. The van der Waals surface area contributed by atoms with Gasteiger partial charge in [0.15, 0.2) is 0 Å². The molecule has 2 rings (SSSR count). The van der Waals surface area contributed by atoms with Gasteiger partial charge in [-0.25, -0.2) is 0 Å². The van der Waals surface area contributed by atoms with E-state index in [-0.39, 0.29) is 0 Å². The van der Waals surface area contributed by atoms with Crippen molar-refractivity contribution >= 4 is 21.6 Å². The number of aliphatic hydroxyl groups excluding tert-OH is 1. The van der Waals surface area contributed by atoms with Crippen LogP contribution in [0.3, 0.4) is 0 Å². The van der Waals surface area contributed by atoms with Crippen molar-refractivity contribution in [1.29, 1.82) is 0 Å². The Morgan fingerprint density at radius 1 is 1.39 bits per heavy atom. The van der Waals surface area contributed by atoms with E-state index in [2.05, 4.69) is 33.9 Å². The van der Waals surface area contributed by atoms with E-state index >= 15 is 0 Å². The monoisotopic (exact) mass is 311 g/mol. The van der Waals surface area contributed by atoms with Gasteiger partial charge in [-0.2, -0.15) is 0 Å². The molecule has 0 spiro atoms. The zero-order valence-corrected chi connectivity index (χ0v) is 12.8. The highest BCUT2D eigenvalue weighted by molar-refractivity contribution is 9.10. The van der Waals surface area contributed by atoms with Crippen molar-refractivity contribution in [2.24, 2.45) is 5.92 Å².